The number of halogens is 2. The molecule has 1 heterocycles. The molecule has 0 aliphatic rings. The molecule has 0 fully saturated rings. The van der Waals surface area contributed by atoms with E-state index in [0.717, 1.165) is 10.0 Å². The van der Waals surface area contributed by atoms with E-state index in [4.69, 9.17) is 0 Å². The summed E-state index contributed by atoms with van der Waals surface area (Å²) in [6, 6.07) is 13.5. The lowest BCUT2D eigenvalue weighted by atomic mass is 10.2. The van der Waals surface area contributed by atoms with Gasteiger partial charge in [0.25, 0.3) is 5.91 Å². The van der Waals surface area contributed by atoms with Crippen LogP contribution in [0, 0.1) is 12.7 Å². The zero-order valence-electron chi connectivity index (χ0n) is 12.1. The van der Waals surface area contributed by atoms with Gasteiger partial charge in [-0.15, -0.1) is 11.3 Å². The minimum absolute atomic E-state index is 0.202. The van der Waals surface area contributed by atoms with E-state index in [2.05, 4.69) is 26.2 Å². The van der Waals surface area contributed by atoms with E-state index in [1.54, 1.807) is 19.1 Å². The van der Waals surface area contributed by atoms with Crippen LogP contribution in [0.3, 0.4) is 0 Å². The molecule has 0 bridgehead atoms. The van der Waals surface area contributed by atoms with Gasteiger partial charge in [0.05, 0.1) is 5.69 Å². The maximum Gasteiger partial charge on any atom is 0.267 e. The predicted molar refractivity (Wildman–Crippen MR) is 94.3 cm³/mol. The third-order valence-corrected chi connectivity index (χ3v) is 4.88. The van der Waals surface area contributed by atoms with Crippen molar-refractivity contribution in [2.24, 2.45) is 0 Å². The topological polar surface area (TPSA) is 42.0 Å². The monoisotopic (exact) mass is 390 g/mol. The van der Waals surface area contributed by atoms with Crippen LogP contribution in [-0.4, -0.2) is 10.9 Å². The van der Waals surface area contributed by atoms with Crippen molar-refractivity contribution in [2.45, 2.75) is 6.92 Å². The number of rotatable bonds is 3. The predicted octanol–water partition coefficient (Wildman–Crippen LogP) is 5.27. The number of nitrogens with one attached hydrogen (secondary N) is 1. The molecule has 2 aromatic carbocycles. The molecule has 3 aromatic rings. The normalized spacial score (nSPS) is 10.6. The zero-order valence-corrected chi connectivity index (χ0v) is 14.5. The van der Waals surface area contributed by atoms with Gasteiger partial charge in [-0.1, -0.05) is 22.0 Å². The summed E-state index contributed by atoms with van der Waals surface area (Å²) in [5.74, 6) is -0.499. The summed E-state index contributed by atoms with van der Waals surface area (Å²) in [5, 5.41) is 3.55. The number of benzene rings is 2. The Morgan fingerprint density at radius 2 is 1.96 bits per heavy atom. The lowest BCUT2D eigenvalue weighted by Gasteiger charge is -2.04. The summed E-state index contributed by atoms with van der Waals surface area (Å²) in [6.07, 6.45) is 0. The van der Waals surface area contributed by atoms with Gasteiger partial charge in [0, 0.05) is 15.7 Å². The first kappa shape index (κ1) is 15.8. The average Bonchev–Trinajstić information content (AvgIpc) is 2.90. The van der Waals surface area contributed by atoms with E-state index in [0.29, 0.717) is 21.3 Å². The molecule has 0 radical (unpaired) electrons. The largest absolute Gasteiger partial charge is 0.321 e. The molecule has 0 aliphatic carbocycles. The summed E-state index contributed by atoms with van der Waals surface area (Å²) >= 11 is 4.66. The highest BCUT2D eigenvalue weighted by Crippen LogP contribution is 2.29. The number of hydrogen-bond acceptors (Lipinski definition) is 3. The molecule has 1 N–H and O–H groups in total. The van der Waals surface area contributed by atoms with Crippen LogP contribution in [0.1, 0.15) is 15.4 Å². The highest BCUT2D eigenvalue weighted by atomic mass is 79.9. The Morgan fingerprint density at radius 1 is 1.22 bits per heavy atom. The third kappa shape index (κ3) is 3.65. The summed E-state index contributed by atoms with van der Waals surface area (Å²) in [4.78, 5) is 17.4. The van der Waals surface area contributed by atoms with Gasteiger partial charge in [0.1, 0.15) is 15.7 Å². The molecule has 1 amide bonds. The van der Waals surface area contributed by atoms with Crippen molar-refractivity contribution in [3.05, 3.63) is 69.4 Å². The van der Waals surface area contributed by atoms with Crippen molar-refractivity contribution >= 4 is 38.9 Å². The fraction of sp³-hybridized carbons (Fsp3) is 0.0588. The standard InChI is InChI=1S/C17H12BrFN2OS/c1-10-15(16(22)21-14-4-2-3-12(18)9-14)23-17(20-10)11-5-7-13(19)8-6-11/h2-9H,1H3,(H,21,22). The SMILES string of the molecule is Cc1nc(-c2ccc(F)cc2)sc1C(=O)Nc1cccc(Br)c1. The summed E-state index contributed by atoms with van der Waals surface area (Å²) in [5.41, 5.74) is 2.16. The van der Waals surface area contributed by atoms with E-state index in [1.165, 1.54) is 23.5 Å². The Hall–Kier alpha value is -2.05. The van der Waals surface area contributed by atoms with E-state index < -0.39 is 0 Å². The molecule has 6 heteroatoms. The number of anilines is 1. The molecule has 1 aromatic heterocycles. The molecule has 0 atom stereocenters. The number of aryl methyl sites for hydroxylation is 1. The Kier molecular flexibility index (Phi) is 4.54. The lowest BCUT2D eigenvalue weighted by Crippen LogP contribution is -2.11. The molecular weight excluding hydrogens is 379 g/mol. The fourth-order valence-electron chi connectivity index (χ4n) is 2.08. The third-order valence-electron chi connectivity index (χ3n) is 3.18. The first-order valence-corrected chi connectivity index (χ1v) is 8.44. The first-order valence-electron chi connectivity index (χ1n) is 6.83. The Bertz CT molecular complexity index is 861. The van der Waals surface area contributed by atoms with Gasteiger partial charge < -0.3 is 5.32 Å². The maximum absolute atomic E-state index is 13.0. The smallest absolute Gasteiger partial charge is 0.267 e. The van der Waals surface area contributed by atoms with E-state index in [1.807, 2.05) is 24.3 Å². The Labute approximate surface area is 145 Å². The van der Waals surface area contributed by atoms with Crippen LogP contribution in [0.25, 0.3) is 10.6 Å². The second-order valence-corrected chi connectivity index (χ2v) is 6.82. The highest BCUT2D eigenvalue weighted by molar-refractivity contribution is 9.10. The van der Waals surface area contributed by atoms with Crippen LogP contribution in [0.2, 0.25) is 0 Å². The van der Waals surface area contributed by atoms with Crippen LogP contribution in [0.15, 0.2) is 53.0 Å². The Morgan fingerprint density at radius 3 is 2.65 bits per heavy atom. The summed E-state index contributed by atoms with van der Waals surface area (Å²) in [7, 11) is 0. The number of thiazole rings is 1. The van der Waals surface area contributed by atoms with Crippen molar-refractivity contribution in [2.75, 3.05) is 5.32 Å². The van der Waals surface area contributed by atoms with Crippen molar-refractivity contribution in [1.82, 2.24) is 4.98 Å². The molecule has 23 heavy (non-hydrogen) atoms. The fourth-order valence-corrected chi connectivity index (χ4v) is 3.44. The molecule has 3 nitrogen and oxygen atoms in total. The van der Waals surface area contributed by atoms with Crippen LogP contribution in [0.5, 0.6) is 0 Å². The second kappa shape index (κ2) is 6.60. The van der Waals surface area contributed by atoms with Crippen LogP contribution < -0.4 is 5.32 Å². The van der Waals surface area contributed by atoms with Crippen LogP contribution in [0.4, 0.5) is 10.1 Å². The average molecular weight is 391 g/mol. The number of carbonyl (C=O) groups excluding carboxylic acids is 1. The number of nitrogens with zero attached hydrogens (tertiary/aromatic N) is 1. The number of amides is 1. The first-order chi connectivity index (χ1) is 11.0. The summed E-state index contributed by atoms with van der Waals surface area (Å²) in [6.45, 7) is 1.79. The van der Waals surface area contributed by atoms with Crippen molar-refractivity contribution in [1.29, 1.82) is 0 Å². The van der Waals surface area contributed by atoms with Gasteiger partial charge in [-0.05, 0) is 49.4 Å². The second-order valence-electron chi connectivity index (χ2n) is 4.90. The zero-order chi connectivity index (χ0) is 16.4. The van der Waals surface area contributed by atoms with E-state index in [-0.39, 0.29) is 11.7 Å². The van der Waals surface area contributed by atoms with Crippen molar-refractivity contribution in [3.63, 3.8) is 0 Å². The minimum atomic E-state index is -0.297. The highest BCUT2D eigenvalue weighted by Gasteiger charge is 2.16. The molecule has 0 spiro atoms. The Balaban J connectivity index is 1.85. The maximum atomic E-state index is 13.0. The quantitative estimate of drug-likeness (QED) is 0.661. The lowest BCUT2D eigenvalue weighted by molar-refractivity contribution is 0.103. The van der Waals surface area contributed by atoms with Crippen LogP contribution in [-0.2, 0) is 0 Å². The van der Waals surface area contributed by atoms with E-state index >= 15 is 0 Å². The van der Waals surface area contributed by atoms with E-state index in [9.17, 15) is 9.18 Å². The molecule has 0 saturated carbocycles. The molecular formula is C17H12BrFN2OS. The molecule has 0 aliphatic heterocycles. The molecule has 0 unspecified atom stereocenters. The number of hydrogen-bond donors (Lipinski definition) is 1. The van der Waals surface area contributed by atoms with Gasteiger partial charge in [0.2, 0.25) is 0 Å². The van der Waals surface area contributed by atoms with Crippen molar-refractivity contribution in [3.8, 4) is 10.6 Å². The number of aromatic nitrogens is 1. The summed E-state index contributed by atoms with van der Waals surface area (Å²) < 4.78 is 13.9. The molecule has 0 saturated heterocycles. The van der Waals surface area contributed by atoms with Gasteiger partial charge in [-0.3, -0.25) is 4.79 Å². The van der Waals surface area contributed by atoms with Gasteiger partial charge in [-0.2, -0.15) is 0 Å². The van der Waals surface area contributed by atoms with Gasteiger partial charge >= 0.3 is 0 Å². The minimum Gasteiger partial charge on any atom is -0.321 e. The van der Waals surface area contributed by atoms with Crippen LogP contribution >= 0.6 is 27.3 Å². The van der Waals surface area contributed by atoms with Gasteiger partial charge in [0.15, 0.2) is 0 Å². The number of carbonyl (C=O) groups is 1. The molecule has 116 valence electrons. The van der Waals surface area contributed by atoms with Gasteiger partial charge in [-0.25, -0.2) is 9.37 Å². The molecule has 3 rings (SSSR count). The van der Waals surface area contributed by atoms with Crippen molar-refractivity contribution < 1.29 is 9.18 Å².